The molecule has 21 heavy (non-hydrogen) atoms. The second-order valence-corrected chi connectivity index (χ2v) is 5.09. The van der Waals surface area contributed by atoms with Crippen LogP contribution in [-0.4, -0.2) is 24.7 Å². The lowest BCUT2D eigenvalue weighted by Crippen LogP contribution is -2.39. The SMILES string of the molecule is Cc1c(NC(=O)[C@@H](N)C(C)C)cccc1OCC(F)(F)F. The number of carbonyl (C=O) groups excluding carboxylic acids is 1. The van der Waals surface area contributed by atoms with Crippen LogP contribution in [0.15, 0.2) is 18.2 Å². The van der Waals surface area contributed by atoms with Crippen molar-refractivity contribution in [2.45, 2.75) is 33.0 Å². The summed E-state index contributed by atoms with van der Waals surface area (Å²) in [5, 5.41) is 2.60. The molecule has 0 bridgehead atoms. The maximum Gasteiger partial charge on any atom is 0.422 e. The van der Waals surface area contributed by atoms with E-state index < -0.39 is 18.8 Å². The molecule has 0 fully saturated rings. The first-order valence-electron chi connectivity index (χ1n) is 6.47. The molecule has 0 radical (unpaired) electrons. The molecule has 3 N–H and O–H groups in total. The largest absolute Gasteiger partial charge is 0.484 e. The number of nitrogens with one attached hydrogen (secondary N) is 1. The number of anilines is 1. The minimum Gasteiger partial charge on any atom is -0.484 e. The smallest absolute Gasteiger partial charge is 0.422 e. The van der Waals surface area contributed by atoms with Gasteiger partial charge in [-0.15, -0.1) is 0 Å². The van der Waals surface area contributed by atoms with Crippen molar-refractivity contribution in [1.82, 2.24) is 0 Å². The third-order valence-electron chi connectivity index (χ3n) is 2.95. The number of rotatable bonds is 5. The molecule has 0 aromatic heterocycles. The Morgan fingerprint density at radius 3 is 2.52 bits per heavy atom. The van der Waals surface area contributed by atoms with Gasteiger partial charge in [-0.1, -0.05) is 19.9 Å². The highest BCUT2D eigenvalue weighted by molar-refractivity contribution is 5.95. The van der Waals surface area contributed by atoms with Gasteiger partial charge in [0.15, 0.2) is 6.61 Å². The van der Waals surface area contributed by atoms with Gasteiger partial charge in [0.1, 0.15) is 5.75 Å². The normalized spacial score (nSPS) is 13.1. The van der Waals surface area contributed by atoms with E-state index in [0.717, 1.165) is 0 Å². The average molecular weight is 304 g/mol. The number of nitrogens with two attached hydrogens (primary N) is 1. The molecule has 0 aliphatic heterocycles. The Morgan fingerprint density at radius 1 is 1.38 bits per heavy atom. The van der Waals surface area contributed by atoms with E-state index in [1.165, 1.54) is 12.1 Å². The molecular weight excluding hydrogens is 285 g/mol. The van der Waals surface area contributed by atoms with Gasteiger partial charge in [-0.3, -0.25) is 4.79 Å². The van der Waals surface area contributed by atoms with E-state index in [1.807, 2.05) is 0 Å². The Bertz CT molecular complexity index is 501. The van der Waals surface area contributed by atoms with Crippen LogP contribution in [0.1, 0.15) is 19.4 Å². The van der Waals surface area contributed by atoms with E-state index in [9.17, 15) is 18.0 Å². The molecule has 1 amide bonds. The Hall–Kier alpha value is -1.76. The number of benzene rings is 1. The predicted molar refractivity (Wildman–Crippen MR) is 74.2 cm³/mol. The Kier molecular flexibility index (Phi) is 5.60. The monoisotopic (exact) mass is 304 g/mol. The zero-order valence-corrected chi connectivity index (χ0v) is 12.1. The van der Waals surface area contributed by atoms with Crippen molar-refractivity contribution in [3.8, 4) is 5.75 Å². The van der Waals surface area contributed by atoms with Crippen LogP contribution in [0.4, 0.5) is 18.9 Å². The average Bonchev–Trinajstić information content (AvgIpc) is 2.37. The number of halogens is 3. The van der Waals surface area contributed by atoms with Gasteiger partial charge in [0.2, 0.25) is 5.91 Å². The van der Waals surface area contributed by atoms with Gasteiger partial charge in [0.05, 0.1) is 6.04 Å². The van der Waals surface area contributed by atoms with E-state index in [-0.39, 0.29) is 17.6 Å². The number of carbonyl (C=O) groups is 1. The molecule has 118 valence electrons. The molecule has 0 heterocycles. The van der Waals surface area contributed by atoms with E-state index in [4.69, 9.17) is 10.5 Å². The summed E-state index contributed by atoms with van der Waals surface area (Å²) in [5.41, 5.74) is 6.53. The lowest BCUT2D eigenvalue weighted by atomic mass is 10.0. The Morgan fingerprint density at radius 2 is 2.00 bits per heavy atom. The maximum absolute atomic E-state index is 12.2. The van der Waals surface area contributed by atoms with Crippen LogP contribution >= 0.6 is 0 Å². The van der Waals surface area contributed by atoms with Crippen molar-refractivity contribution in [3.05, 3.63) is 23.8 Å². The Balaban J connectivity index is 2.83. The fraction of sp³-hybridized carbons (Fsp3) is 0.500. The van der Waals surface area contributed by atoms with E-state index >= 15 is 0 Å². The first kappa shape index (κ1) is 17.3. The van der Waals surface area contributed by atoms with Crippen molar-refractivity contribution in [3.63, 3.8) is 0 Å². The predicted octanol–water partition coefficient (Wildman–Crippen LogP) is 2.86. The summed E-state index contributed by atoms with van der Waals surface area (Å²) in [6, 6.07) is 3.82. The van der Waals surface area contributed by atoms with Crippen molar-refractivity contribution in [2.75, 3.05) is 11.9 Å². The molecule has 1 atom stereocenters. The standard InChI is InChI=1S/C14H19F3N2O2/c1-8(2)12(18)13(20)19-10-5-4-6-11(9(10)3)21-7-14(15,16)17/h4-6,8,12H,7,18H2,1-3H3,(H,19,20)/t12-/m0/s1. The summed E-state index contributed by atoms with van der Waals surface area (Å²) in [6.07, 6.45) is -4.41. The molecule has 0 saturated carbocycles. The van der Waals surface area contributed by atoms with Crippen LogP contribution in [0.3, 0.4) is 0 Å². The number of hydrogen-bond acceptors (Lipinski definition) is 3. The maximum atomic E-state index is 12.2. The second-order valence-electron chi connectivity index (χ2n) is 5.09. The quantitative estimate of drug-likeness (QED) is 0.879. The summed E-state index contributed by atoms with van der Waals surface area (Å²) in [7, 11) is 0. The second kappa shape index (κ2) is 6.80. The lowest BCUT2D eigenvalue weighted by Gasteiger charge is -2.18. The van der Waals surface area contributed by atoms with Crippen LogP contribution < -0.4 is 15.8 Å². The molecule has 1 rings (SSSR count). The fourth-order valence-corrected chi connectivity index (χ4v) is 1.58. The highest BCUT2D eigenvalue weighted by atomic mass is 19.4. The summed E-state index contributed by atoms with van der Waals surface area (Å²) in [6.45, 7) is 3.80. The van der Waals surface area contributed by atoms with Crippen LogP contribution in [-0.2, 0) is 4.79 Å². The zero-order valence-electron chi connectivity index (χ0n) is 12.1. The van der Waals surface area contributed by atoms with Crippen LogP contribution in [0.25, 0.3) is 0 Å². The molecule has 0 aliphatic rings. The van der Waals surface area contributed by atoms with Gasteiger partial charge < -0.3 is 15.8 Å². The number of amides is 1. The molecular formula is C14H19F3N2O2. The van der Waals surface area contributed by atoms with E-state index in [0.29, 0.717) is 11.3 Å². The first-order chi connectivity index (χ1) is 9.61. The highest BCUT2D eigenvalue weighted by Crippen LogP contribution is 2.27. The highest BCUT2D eigenvalue weighted by Gasteiger charge is 2.29. The summed E-state index contributed by atoms with van der Waals surface area (Å²) in [4.78, 5) is 11.9. The van der Waals surface area contributed by atoms with E-state index in [1.54, 1.807) is 26.8 Å². The summed E-state index contributed by atoms with van der Waals surface area (Å²) >= 11 is 0. The van der Waals surface area contributed by atoms with Gasteiger partial charge in [0, 0.05) is 11.3 Å². The van der Waals surface area contributed by atoms with Gasteiger partial charge in [-0.25, -0.2) is 0 Å². The van der Waals surface area contributed by atoms with Crippen LogP contribution in [0, 0.1) is 12.8 Å². The van der Waals surface area contributed by atoms with Gasteiger partial charge in [0.25, 0.3) is 0 Å². The van der Waals surface area contributed by atoms with Gasteiger partial charge in [-0.05, 0) is 25.0 Å². The third kappa shape index (κ3) is 5.26. The minimum absolute atomic E-state index is 0.0463. The first-order valence-corrected chi connectivity index (χ1v) is 6.47. The fourth-order valence-electron chi connectivity index (χ4n) is 1.58. The van der Waals surface area contributed by atoms with E-state index in [2.05, 4.69) is 5.32 Å². The van der Waals surface area contributed by atoms with Crippen molar-refractivity contribution in [1.29, 1.82) is 0 Å². The molecule has 7 heteroatoms. The zero-order chi connectivity index (χ0) is 16.2. The van der Waals surface area contributed by atoms with Crippen LogP contribution in [0.2, 0.25) is 0 Å². The van der Waals surface area contributed by atoms with Crippen molar-refractivity contribution < 1.29 is 22.7 Å². The minimum atomic E-state index is -4.41. The molecule has 0 spiro atoms. The third-order valence-corrected chi connectivity index (χ3v) is 2.95. The number of alkyl halides is 3. The van der Waals surface area contributed by atoms with Gasteiger partial charge >= 0.3 is 6.18 Å². The number of hydrogen-bond donors (Lipinski definition) is 2. The van der Waals surface area contributed by atoms with Crippen molar-refractivity contribution >= 4 is 11.6 Å². The number of ether oxygens (including phenoxy) is 1. The molecule has 4 nitrogen and oxygen atoms in total. The molecule has 1 aromatic carbocycles. The summed E-state index contributed by atoms with van der Waals surface area (Å²) in [5.74, 6) is -0.362. The molecule has 1 aromatic rings. The lowest BCUT2D eigenvalue weighted by molar-refractivity contribution is -0.153. The van der Waals surface area contributed by atoms with Crippen LogP contribution in [0.5, 0.6) is 5.75 Å². The molecule has 0 aliphatic carbocycles. The topological polar surface area (TPSA) is 64.4 Å². The molecule has 0 saturated heterocycles. The summed E-state index contributed by atoms with van der Waals surface area (Å²) < 4.78 is 41.2. The van der Waals surface area contributed by atoms with Crippen molar-refractivity contribution in [2.24, 2.45) is 11.7 Å². The molecule has 0 unspecified atom stereocenters. The Labute approximate surface area is 121 Å². The van der Waals surface area contributed by atoms with Gasteiger partial charge in [-0.2, -0.15) is 13.2 Å².